The maximum Gasteiger partial charge on any atom is 0.150 e. The first-order valence-electron chi connectivity index (χ1n) is 8.95. The Kier molecular flexibility index (Phi) is 4.63. The monoisotopic (exact) mass is 353 g/mol. The molecule has 0 aromatic heterocycles. The molecule has 1 heterocycles. The summed E-state index contributed by atoms with van der Waals surface area (Å²) in [6.07, 6.45) is 1.70. The van der Waals surface area contributed by atoms with Crippen molar-refractivity contribution in [3.63, 3.8) is 0 Å². The Bertz CT molecular complexity index is 1030. The first-order valence-corrected chi connectivity index (χ1v) is 8.95. The molecule has 3 nitrogen and oxygen atoms in total. The highest BCUT2D eigenvalue weighted by molar-refractivity contribution is 5.75. The fraction of sp³-hybridized carbons (Fsp3) is 0.125. The van der Waals surface area contributed by atoms with Crippen LogP contribution in [0.25, 0.3) is 0 Å². The maximum absolute atomic E-state index is 10.9. The minimum absolute atomic E-state index is 0.259. The number of nitrogens with zero attached hydrogens (tertiary/aromatic N) is 1. The van der Waals surface area contributed by atoms with E-state index in [1.165, 1.54) is 0 Å². The lowest BCUT2D eigenvalue weighted by Gasteiger charge is -2.31. The molecule has 0 bridgehead atoms. The molecular weight excluding hydrogens is 334 g/mol. The van der Waals surface area contributed by atoms with Crippen LogP contribution in [-0.2, 0) is 13.0 Å². The summed E-state index contributed by atoms with van der Waals surface area (Å²) in [5.74, 6) is 6.69. The van der Waals surface area contributed by atoms with Crippen molar-refractivity contribution in [1.82, 2.24) is 0 Å². The highest BCUT2D eigenvalue weighted by atomic mass is 16.3. The van der Waals surface area contributed by atoms with Crippen molar-refractivity contribution in [1.29, 1.82) is 0 Å². The normalized spacial score (nSPS) is 12.7. The van der Waals surface area contributed by atoms with Gasteiger partial charge in [0, 0.05) is 35.5 Å². The molecule has 3 heteroatoms. The quantitative estimate of drug-likeness (QED) is 0.555. The van der Waals surface area contributed by atoms with Crippen LogP contribution in [0.15, 0.2) is 66.7 Å². The van der Waals surface area contributed by atoms with E-state index >= 15 is 0 Å². The van der Waals surface area contributed by atoms with Crippen LogP contribution in [0, 0.1) is 11.8 Å². The van der Waals surface area contributed by atoms with Crippen LogP contribution < -0.4 is 4.90 Å². The third-order valence-corrected chi connectivity index (χ3v) is 4.84. The average molecular weight is 353 g/mol. The Hall–Kier alpha value is -3.51. The molecule has 0 amide bonds. The van der Waals surface area contributed by atoms with Gasteiger partial charge in [-0.05, 0) is 66.1 Å². The molecule has 0 saturated carbocycles. The number of benzene rings is 3. The van der Waals surface area contributed by atoms with Gasteiger partial charge in [-0.15, -0.1) is 0 Å². The summed E-state index contributed by atoms with van der Waals surface area (Å²) in [6, 6.07) is 21.1. The van der Waals surface area contributed by atoms with Gasteiger partial charge in [-0.1, -0.05) is 30.0 Å². The second-order valence-electron chi connectivity index (χ2n) is 6.63. The fourth-order valence-corrected chi connectivity index (χ4v) is 3.41. The third-order valence-electron chi connectivity index (χ3n) is 4.84. The Morgan fingerprint density at radius 2 is 1.74 bits per heavy atom. The number of carbonyl (C=O) groups excluding carboxylic acids is 1. The molecule has 0 atom stereocenters. The van der Waals surface area contributed by atoms with Gasteiger partial charge in [-0.3, -0.25) is 4.79 Å². The summed E-state index contributed by atoms with van der Waals surface area (Å²) in [7, 11) is 0. The fourth-order valence-electron chi connectivity index (χ4n) is 3.41. The summed E-state index contributed by atoms with van der Waals surface area (Å²) in [5.41, 5.74) is 5.88. The van der Waals surface area contributed by atoms with Crippen molar-refractivity contribution in [3.8, 4) is 17.6 Å². The average Bonchev–Trinajstić information content (AvgIpc) is 2.72. The molecule has 0 saturated heterocycles. The maximum atomic E-state index is 10.9. The smallest absolute Gasteiger partial charge is 0.150 e. The number of carbonyl (C=O) groups is 1. The summed E-state index contributed by atoms with van der Waals surface area (Å²) in [4.78, 5) is 13.2. The number of fused-ring (bicyclic) bond motifs is 1. The van der Waals surface area contributed by atoms with E-state index in [1.807, 2.05) is 60.7 Å². The molecule has 1 aliphatic heterocycles. The van der Waals surface area contributed by atoms with Crippen LogP contribution in [0.1, 0.15) is 32.6 Å². The van der Waals surface area contributed by atoms with Gasteiger partial charge in [0.2, 0.25) is 0 Å². The number of hydrogen-bond donors (Lipinski definition) is 1. The van der Waals surface area contributed by atoms with Gasteiger partial charge in [0.25, 0.3) is 0 Å². The summed E-state index contributed by atoms with van der Waals surface area (Å²) >= 11 is 0. The van der Waals surface area contributed by atoms with Crippen molar-refractivity contribution in [2.24, 2.45) is 0 Å². The molecule has 132 valence electrons. The number of anilines is 1. The molecule has 1 N–H and O–H groups in total. The second kappa shape index (κ2) is 7.39. The predicted octanol–water partition coefficient (Wildman–Crippen LogP) is 4.17. The molecule has 0 aliphatic carbocycles. The van der Waals surface area contributed by atoms with E-state index in [-0.39, 0.29) is 5.75 Å². The summed E-state index contributed by atoms with van der Waals surface area (Å²) in [6.45, 7) is 1.59. The van der Waals surface area contributed by atoms with E-state index in [9.17, 15) is 9.90 Å². The van der Waals surface area contributed by atoms with Crippen LogP contribution in [0.5, 0.6) is 5.75 Å². The Morgan fingerprint density at radius 1 is 0.963 bits per heavy atom. The van der Waals surface area contributed by atoms with E-state index in [1.54, 1.807) is 6.07 Å². The van der Waals surface area contributed by atoms with Crippen LogP contribution in [0.2, 0.25) is 0 Å². The van der Waals surface area contributed by atoms with E-state index < -0.39 is 0 Å². The molecule has 0 unspecified atom stereocenters. The predicted molar refractivity (Wildman–Crippen MR) is 107 cm³/mol. The van der Waals surface area contributed by atoms with Crippen molar-refractivity contribution in [3.05, 3.63) is 94.5 Å². The minimum atomic E-state index is 0.259. The zero-order valence-corrected chi connectivity index (χ0v) is 14.9. The van der Waals surface area contributed by atoms with E-state index in [2.05, 4.69) is 16.7 Å². The number of rotatable bonds is 2. The second-order valence-corrected chi connectivity index (χ2v) is 6.63. The standard InChI is InChI=1S/C24H19NO2/c26-17-19-7-10-22(11-8-19)25-13-12-21-15-23(27)14-20(24(21)16-25)9-6-18-4-2-1-3-5-18/h1-5,7-8,10-11,14-15,17,27H,12-13,16H2. The minimum Gasteiger partial charge on any atom is -0.508 e. The summed E-state index contributed by atoms with van der Waals surface area (Å²) < 4.78 is 0. The van der Waals surface area contributed by atoms with Crippen LogP contribution in [0.4, 0.5) is 5.69 Å². The lowest BCUT2D eigenvalue weighted by molar-refractivity contribution is 0.112. The van der Waals surface area contributed by atoms with Crippen molar-refractivity contribution < 1.29 is 9.90 Å². The first kappa shape index (κ1) is 16.9. The molecule has 0 fully saturated rings. The molecule has 0 radical (unpaired) electrons. The topological polar surface area (TPSA) is 40.5 Å². The molecule has 27 heavy (non-hydrogen) atoms. The zero-order valence-electron chi connectivity index (χ0n) is 14.9. The Morgan fingerprint density at radius 3 is 2.48 bits per heavy atom. The highest BCUT2D eigenvalue weighted by Gasteiger charge is 2.20. The molecule has 1 aliphatic rings. The van der Waals surface area contributed by atoms with Crippen molar-refractivity contribution in [2.75, 3.05) is 11.4 Å². The number of aldehydes is 1. The molecule has 3 aromatic carbocycles. The number of phenolic OH excluding ortho intramolecular Hbond substituents is 1. The molecule has 3 aromatic rings. The Balaban J connectivity index is 1.67. The van der Waals surface area contributed by atoms with Gasteiger partial charge >= 0.3 is 0 Å². The van der Waals surface area contributed by atoms with Gasteiger partial charge in [-0.25, -0.2) is 0 Å². The van der Waals surface area contributed by atoms with E-state index in [0.29, 0.717) is 5.56 Å². The highest BCUT2D eigenvalue weighted by Crippen LogP contribution is 2.29. The number of hydrogen-bond acceptors (Lipinski definition) is 3. The molecule has 4 rings (SSSR count). The number of phenols is 1. The number of aromatic hydroxyl groups is 1. The van der Waals surface area contributed by atoms with Gasteiger partial charge in [0.15, 0.2) is 0 Å². The van der Waals surface area contributed by atoms with E-state index in [4.69, 9.17) is 0 Å². The van der Waals surface area contributed by atoms with Crippen molar-refractivity contribution in [2.45, 2.75) is 13.0 Å². The third kappa shape index (κ3) is 3.70. The largest absolute Gasteiger partial charge is 0.508 e. The van der Waals surface area contributed by atoms with Gasteiger partial charge in [-0.2, -0.15) is 0 Å². The molecule has 0 spiro atoms. The van der Waals surface area contributed by atoms with Crippen LogP contribution in [-0.4, -0.2) is 17.9 Å². The SMILES string of the molecule is O=Cc1ccc(N2CCc3cc(O)cc(C#Cc4ccccc4)c3C2)cc1. The Labute approximate surface area is 158 Å². The van der Waals surface area contributed by atoms with E-state index in [0.717, 1.165) is 53.7 Å². The summed E-state index contributed by atoms with van der Waals surface area (Å²) in [5, 5.41) is 10.1. The van der Waals surface area contributed by atoms with Gasteiger partial charge in [0.1, 0.15) is 12.0 Å². The van der Waals surface area contributed by atoms with Gasteiger partial charge in [0.05, 0.1) is 0 Å². The first-order chi connectivity index (χ1) is 13.2. The van der Waals surface area contributed by atoms with Crippen LogP contribution >= 0.6 is 0 Å². The van der Waals surface area contributed by atoms with Gasteiger partial charge < -0.3 is 10.0 Å². The lowest BCUT2D eigenvalue weighted by Crippen LogP contribution is -2.30. The van der Waals surface area contributed by atoms with Crippen molar-refractivity contribution >= 4 is 12.0 Å². The zero-order chi connectivity index (χ0) is 18.6. The molecular formula is C24H19NO2. The van der Waals surface area contributed by atoms with Crippen LogP contribution in [0.3, 0.4) is 0 Å². The lowest BCUT2D eigenvalue weighted by atomic mass is 9.94.